The first-order valence-corrected chi connectivity index (χ1v) is 6.84. The van der Waals surface area contributed by atoms with E-state index < -0.39 is 0 Å². The summed E-state index contributed by atoms with van der Waals surface area (Å²) in [6.45, 7) is 2.13. The molecular formula is C14H16N2O2S. The van der Waals surface area contributed by atoms with E-state index in [0.717, 1.165) is 16.3 Å². The molecule has 0 aliphatic rings. The lowest BCUT2D eigenvalue weighted by atomic mass is 10.2. The molecule has 4 nitrogen and oxygen atoms in total. The second-order valence-corrected chi connectivity index (χ2v) is 5.25. The number of benzene rings is 1. The number of carbonyl (C=O) groups is 1. The van der Waals surface area contributed by atoms with Crippen LogP contribution < -0.4 is 0 Å². The molecule has 0 saturated heterocycles. The van der Waals surface area contributed by atoms with Crippen LogP contribution in [0.4, 0.5) is 0 Å². The van der Waals surface area contributed by atoms with Crippen molar-refractivity contribution in [3.05, 3.63) is 40.9 Å². The van der Waals surface area contributed by atoms with Crippen molar-refractivity contribution in [2.45, 2.75) is 6.92 Å². The van der Waals surface area contributed by atoms with Crippen molar-refractivity contribution in [1.82, 2.24) is 9.88 Å². The van der Waals surface area contributed by atoms with E-state index in [2.05, 4.69) is 4.98 Å². The van der Waals surface area contributed by atoms with Crippen LogP contribution in [-0.2, 0) is 0 Å². The number of hydrogen-bond donors (Lipinski definition) is 1. The van der Waals surface area contributed by atoms with Gasteiger partial charge in [0.05, 0.1) is 12.3 Å². The second-order valence-electron chi connectivity index (χ2n) is 4.25. The lowest BCUT2D eigenvalue weighted by Crippen LogP contribution is -2.29. The molecule has 2 rings (SSSR count). The van der Waals surface area contributed by atoms with E-state index in [1.165, 1.54) is 16.2 Å². The quantitative estimate of drug-likeness (QED) is 0.931. The summed E-state index contributed by atoms with van der Waals surface area (Å²) in [4.78, 5) is 18.8. The molecule has 19 heavy (non-hydrogen) atoms. The summed E-state index contributed by atoms with van der Waals surface area (Å²) in [6, 6.07) is 9.80. The molecule has 0 saturated carbocycles. The highest BCUT2D eigenvalue weighted by Gasteiger charge is 2.19. The minimum Gasteiger partial charge on any atom is -0.395 e. The van der Waals surface area contributed by atoms with Crippen molar-refractivity contribution >= 4 is 17.2 Å². The number of aliphatic hydroxyl groups is 1. The zero-order chi connectivity index (χ0) is 13.8. The van der Waals surface area contributed by atoms with Gasteiger partial charge in [-0.15, -0.1) is 11.3 Å². The van der Waals surface area contributed by atoms with E-state index in [4.69, 9.17) is 5.11 Å². The van der Waals surface area contributed by atoms with Crippen LogP contribution in [0.1, 0.15) is 15.4 Å². The van der Waals surface area contributed by atoms with Crippen LogP contribution in [0.5, 0.6) is 0 Å². The van der Waals surface area contributed by atoms with E-state index in [1.54, 1.807) is 7.05 Å². The maximum absolute atomic E-state index is 12.2. The first-order chi connectivity index (χ1) is 9.13. The first kappa shape index (κ1) is 13.7. The summed E-state index contributed by atoms with van der Waals surface area (Å²) in [6.07, 6.45) is 0. The molecular weight excluding hydrogens is 260 g/mol. The van der Waals surface area contributed by atoms with Crippen molar-refractivity contribution in [2.75, 3.05) is 20.2 Å². The Hall–Kier alpha value is -1.72. The first-order valence-electron chi connectivity index (χ1n) is 6.02. The summed E-state index contributed by atoms with van der Waals surface area (Å²) in [7, 11) is 1.68. The summed E-state index contributed by atoms with van der Waals surface area (Å²) in [5, 5.41) is 9.73. The molecule has 1 aromatic carbocycles. The second kappa shape index (κ2) is 5.95. The van der Waals surface area contributed by atoms with Gasteiger partial charge in [0.25, 0.3) is 5.91 Å². The Bertz CT molecular complexity index is 566. The van der Waals surface area contributed by atoms with Gasteiger partial charge in [-0.05, 0) is 6.92 Å². The number of nitrogens with zero attached hydrogens (tertiary/aromatic N) is 2. The third-order valence-electron chi connectivity index (χ3n) is 2.79. The molecule has 1 amide bonds. The topological polar surface area (TPSA) is 53.4 Å². The van der Waals surface area contributed by atoms with Gasteiger partial charge in [-0.3, -0.25) is 4.79 Å². The summed E-state index contributed by atoms with van der Waals surface area (Å²) >= 11 is 1.39. The Labute approximate surface area is 116 Å². The number of aromatic nitrogens is 1. The van der Waals surface area contributed by atoms with Gasteiger partial charge in [-0.25, -0.2) is 4.98 Å². The highest BCUT2D eigenvalue weighted by Crippen LogP contribution is 2.28. The molecule has 1 aromatic heterocycles. The van der Waals surface area contributed by atoms with Crippen molar-refractivity contribution in [2.24, 2.45) is 0 Å². The summed E-state index contributed by atoms with van der Waals surface area (Å²) in [5.41, 5.74) is 1.75. The van der Waals surface area contributed by atoms with E-state index in [-0.39, 0.29) is 12.5 Å². The number of carbonyl (C=O) groups excluding carboxylic acids is 1. The fraction of sp³-hybridized carbons (Fsp3) is 0.286. The minimum absolute atomic E-state index is 0.0361. The number of rotatable bonds is 4. The smallest absolute Gasteiger partial charge is 0.265 e. The molecule has 1 N–H and O–H groups in total. The van der Waals surface area contributed by atoms with Crippen LogP contribution >= 0.6 is 11.3 Å². The normalized spacial score (nSPS) is 10.5. The molecule has 2 aromatic rings. The van der Waals surface area contributed by atoms with Gasteiger partial charge in [-0.2, -0.15) is 0 Å². The molecule has 0 bridgehead atoms. The Morgan fingerprint density at radius 3 is 2.68 bits per heavy atom. The van der Waals surface area contributed by atoms with Crippen molar-refractivity contribution in [3.8, 4) is 10.6 Å². The number of amides is 1. The fourth-order valence-corrected chi connectivity index (χ4v) is 2.79. The van der Waals surface area contributed by atoms with E-state index in [0.29, 0.717) is 11.4 Å². The largest absolute Gasteiger partial charge is 0.395 e. The lowest BCUT2D eigenvalue weighted by molar-refractivity contribution is 0.0771. The number of aryl methyl sites for hydroxylation is 1. The molecule has 100 valence electrons. The Morgan fingerprint density at radius 1 is 1.37 bits per heavy atom. The number of aliphatic hydroxyl groups excluding tert-OH is 1. The Balaban J connectivity index is 2.29. The number of likely N-dealkylation sites (N-methyl/N-ethyl adjacent to an activating group) is 1. The zero-order valence-electron chi connectivity index (χ0n) is 11.0. The van der Waals surface area contributed by atoms with Gasteiger partial charge in [-0.1, -0.05) is 30.3 Å². The molecule has 0 unspecified atom stereocenters. The average Bonchev–Trinajstić information content (AvgIpc) is 2.81. The molecule has 0 fully saturated rings. The Kier molecular flexibility index (Phi) is 4.29. The molecule has 0 aliphatic heterocycles. The van der Waals surface area contributed by atoms with Gasteiger partial charge in [0.1, 0.15) is 9.88 Å². The van der Waals surface area contributed by atoms with Crippen LogP contribution in [0, 0.1) is 6.92 Å². The van der Waals surface area contributed by atoms with E-state index in [9.17, 15) is 4.79 Å². The molecule has 0 radical (unpaired) electrons. The lowest BCUT2D eigenvalue weighted by Gasteiger charge is -2.14. The molecule has 0 atom stereocenters. The van der Waals surface area contributed by atoms with E-state index in [1.807, 2.05) is 37.3 Å². The number of hydrogen-bond acceptors (Lipinski definition) is 4. The molecule has 1 heterocycles. The highest BCUT2D eigenvalue weighted by molar-refractivity contribution is 7.17. The molecule has 0 aliphatic carbocycles. The maximum atomic E-state index is 12.2. The third kappa shape index (κ3) is 3.00. The Morgan fingerprint density at radius 2 is 2.05 bits per heavy atom. The predicted molar refractivity (Wildman–Crippen MR) is 76.3 cm³/mol. The average molecular weight is 276 g/mol. The number of thiazole rings is 1. The van der Waals surface area contributed by atoms with Crippen LogP contribution in [-0.4, -0.2) is 41.1 Å². The van der Waals surface area contributed by atoms with Gasteiger partial charge in [0.2, 0.25) is 0 Å². The van der Waals surface area contributed by atoms with Crippen LogP contribution in [0.3, 0.4) is 0 Å². The molecule has 5 heteroatoms. The van der Waals surface area contributed by atoms with Gasteiger partial charge in [0, 0.05) is 19.2 Å². The zero-order valence-corrected chi connectivity index (χ0v) is 11.8. The summed E-state index contributed by atoms with van der Waals surface area (Å²) < 4.78 is 0. The van der Waals surface area contributed by atoms with Crippen LogP contribution in [0.25, 0.3) is 10.6 Å². The van der Waals surface area contributed by atoms with Crippen LogP contribution in [0.2, 0.25) is 0 Å². The van der Waals surface area contributed by atoms with Crippen molar-refractivity contribution in [3.63, 3.8) is 0 Å². The monoisotopic (exact) mass is 276 g/mol. The van der Waals surface area contributed by atoms with Crippen molar-refractivity contribution < 1.29 is 9.90 Å². The molecule has 0 spiro atoms. The standard InChI is InChI=1S/C14H16N2O2S/c1-10-12(14(18)16(2)8-9-17)19-13(15-10)11-6-4-3-5-7-11/h3-7,17H,8-9H2,1-2H3. The fourth-order valence-electron chi connectivity index (χ4n) is 1.72. The van der Waals surface area contributed by atoms with Crippen molar-refractivity contribution in [1.29, 1.82) is 0 Å². The predicted octanol–water partition coefficient (Wildman–Crippen LogP) is 2.18. The van der Waals surface area contributed by atoms with E-state index >= 15 is 0 Å². The SMILES string of the molecule is Cc1nc(-c2ccccc2)sc1C(=O)N(C)CCO. The van der Waals surface area contributed by atoms with Gasteiger partial charge < -0.3 is 10.0 Å². The highest BCUT2D eigenvalue weighted by atomic mass is 32.1. The maximum Gasteiger partial charge on any atom is 0.265 e. The van der Waals surface area contributed by atoms with Gasteiger partial charge in [0.15, 0.2) is 0 Å². The van der Waals surface area contributed by atoms with Gasteiger partial charge >= 0.3 is 0 Å². The van der Waals surface area contributed by atoms with Crippen LogP contribution in [0.15, 0.2) is 30.3 Å². The summed E-state index contributed by atoms with van der Waals surface area (Å²) in [5.74, 6) is -0.0915. The third-order valence-corrected chi connectivity index (χ3v) is 3.99. The minimum atomic E-state index is -0.0915.